The maximum Gasteiger partial charge on any atom is 0.284 e. The number of sulfonamides is 1. The molecule has 1 aliphatic rings. The zero-order chi connectivity index (χ0) is 21.7. The van der Waals surface area contributed by atoms with Gasteiger partial charge in [-0.1, -0.05) is 24.3 Å². The number of ether oxygens (including phenoxy) is 1. The first-order valence-corrected chi connectivity index (χ1v) is 11.3. The Labute approximate surface area is 177 Å². The van der Waals surface area contributed by atoms with Crippen molar-refractivity contribution in [2.24, 2.45) is 4.40 Å². The first-order valence-electron chi connectivity index (χ1n) is 9.90. The van der Waals surface area contributed by atoms with Crippen LogP contribution >= 0.6 is 0 Å². The molecule has 0 aromatic heterocycles. The number of amidine groups is 1. The summed E-state index contributed by atoms with van der Waals surface area (Å²) in [6, 6.07) is 12.0. The normalized spacial score (nSPS) is 15.4. The van der Waals surface area contributed by atoms with Crippen LogP contribution in [0.15, 0.2) is 51.8 Å². The van der Waals surface area contributed by atoms with Gasteiger partial charge in [0.2, 0.25) is 5.91 Å². The van der Waals surface area contributed by atoms with Gasteiger partial charge in [0.25, 0.3) is 10.0 Å². The first kappa shape index (κ1) is 21.8. The number of rotatable bonds is 7. The molecular weight excluding hydrogens is 402 g/mol. The molecule has 1 aliphatic heterocycles. The van der Waals surface area contributed by atoms with E-state index in [1.165, 1.54) is 12.1 Å². The van der Waals surface area contributed by atoms with Crippen LogP contribution in [-0.4, -0.2) is 45.3 Å². The second-order valence-corrected chi connectivity index (χ2v) is 9.01. The van der Waals surface area contributed by atoms with Gasteiger partial charge < -0.3 is 15.0 Å². The molecular formula is C22H27N3O4S. The Bertz CT molecular complexity index is 1040. The number of hydrogen-bond acceptors (Lipinski definition) is 4. The number of benzene rings is 2. The molecule has 0 atom stereocenters. The Balaban J connectivity index is 1.61. The summed E-state index contributed by atoms with van der Waals surface area (Å²) < 4.78 is 35.0. The SMILES string of the molecule is Cc1cccc(C)c1OCCC(=O)Nc1cccc(S(=O)(=O)/N=C2\CCCN2C)c1. The predicted octanol–water partition coefficient (Wildman–Crippen LogP) is 3.52. The summed E-state index contributed by atoms with van der Waals surface area (Å²) in [6.07, 6.45) is 1.69. The Morgan fingerprint density at radius 3 is 2.53 bits per heavy atom. The van der Waals surface area contributed by atoms with Crippen LogP contribution in [0.3, 0.4) is 0 Å². The van der Waals surface area contributed by atoms with Gasteiger partial charge in [-0.25, -0.2) is 0 Å². The standard InChI is InChI=1S/C22H27N3O4S/c1-16-7-4-8-17(2)22(16)29-14-12-21(26)23-18-9-5-10-19(15-18)30(27,28)24-20-11-6-13-25(20)3/h4-5,7-10,15H,6,11-14H2,1-3H3,(H,23,26)/b24-20+. The number of aryl methyl sites for hydroxylation is 2. The summed E-state index contributed by atoms with van der Waals surface area (Å²) in [5.74, 6) is 1.10. The third kappa shape index (κ3) is 5.38. The topological polar surface area (TPSA) is 88.1 Å². The number of carbonyl (C=O) groups is 1. The molecule has 30 heavy (non-hydrogen) atoms. The average molecular weight is 430 g/mol. The van der Waals surface area contributed by atoms with E-state index in [1.54, 1.807) is 12.1 Å². The first-order chi connectivity index (χ1) is 14.3. The number of hydrogen-bond donors (Lipinski definition) is 1. The van der Waals surface area contributed by atoms with E-state index in [0.717, 1.165) is 29.8 Å². The Morgan fingerprint density at radius 2 is 1.87 bits per heavy atom. The van der Waals surface area contributed by atoms with Gasteiger partial charge in [-0.2, -0.15) is 8.42 Å². The van der Waals surface area contributed by atoms with E-state index in [0.29, 0.717) is 17.9 Å². The largest absolute Gasteiger partial charge is 0.493 e. The van der Waals surface area contributed by atoms with Crippen LogP contribution in [0.25, 0.3) is 0 Å². The van der Waals surface area contributed by atoms with Crippen LogP contribution in [0.4, 0.5) is 5.69 Å². The minimum absolute atomic E-state index is 0.0554. The molecule has 8 heteroatoms. The molecule has 7 nitrogen and oxygen atoms in total. The number of nitrogens with zero attached hydrogens (tertiary/aromatic N) is 2. The molecule has 0 spiro atoms. The van der Waals surface area contributed by atoms with Crippen LogP contribution in [0.1, 0.15) is 30.4 Å². The lowest BCUT2D eigenvalue weighted by molar-refractivity contribution is -0.116. The number of para-hydroxylation sites is 1. The Morgan fingerprint density at radius 1 is 1.17 bits per heavy atom. The van der Waals surface area contributed by atoms with Gasteiger partial charge >= 0.3 is 0 Å². The van der Waals surface area contributed by atoms with E-state index < -0.39 is 10.0 Å². The van der Waals surface area contributed by atoms with Gasteiger partial charge in [0.05, 0.1) is 17.9 Å². The van der Waals surface area contributed by atoms with Crippen molar-refractivity contribution >= 4 is 27.5 Å². The molecule has 1 heterocycles. The van der Waals surface area contributed by atoms with Crippen molar-refractivity contribution in [1.82, 2.24) is 4.90 Å². The molecule has 1 N–H and O–H groups in total. The van der Waals surface area contributed by atoms with Crippen molar-refractivity contribution in [3.8, 4) is 5.75 Å². The highest BCUT2D eigenvalue weighted by Gasteiger charge is 2.20. The average Bonchev–Trinajstić information content (AvgIpc) is 3.08. The minimum atomic E-state index is -3.83. The van der Waals surface area contributed by atoms with Gasteiger partial charge in [0, 0.05) is 25.7 Å². The number of carbonyl (C=O) groups excluding carboxylic acids is 1. The fourth-order valence-electron chi connectivity index (χ4n) is 3.33. The monoisotopic (exact) mass is 429 g/mol. The molecule has 0 radical (unpaired) electrons. The van der Waals surface area contributed by atoms with E-state index in [9.17, 15) is 13.2 Å². The highest BCUT2D eigenvalue weighted by molar-refractivity contribution is 7.90. The second kappa shape index (κ2) is 9.30. The molecule has 0 aliphatic carbocycles. The lowest BCUT2D eigenvalue weighted by Gasteiger charge is -2.12. The van der Waals surface area contributed by atoms with Crippen molar-refractivity contribution < 1.29 is 17.9 Å². The molecule has 2 aromatic rings. The fraction of sp³-hybridized carbons (Fsp3) is 0.364. The Hall–Kier alpha value is -2.87. The molecule has 1 saturated heterocycles. The molecule has 0 unspecified atom stereocenters. The lowest BCUT2D eigenvalue weighted by atomic mass is 10.1. The quantitative estimate of drug-likeness (QED) is 0.728. The van der Waals surface area contributed by atoms with Crippen molar-refractivity contribution in [3.05, 3.63) is 53.6 Å². The summed E-state index contributed by atoms with van der Waals surface area (Å²) >= 11 is 0. The van der Waals surface area contributed by atoms with Crippen LogP contribution in [0.2, 0.25) is 0 Å². The fourth-order valence-corrected chi connectivity index (χ4v) is 4.47. The van der Waals surface area contributed by atoms with Crippen molar-refractivity contribution in [1.29, 1.82) is 0 Å². The van der Waals surface area contributed by atoms with Crippen LogP contribution in [0, 0.1) is 13.8 Å². The van der Waals surface area contributed by atoms with Crippen molar-refractivity contribution in [3.63, 3.8) is 0 Å². The summed E-state index contributed by atoms with van der Waals surface area (Å²) in [6.45, 7) is 4.95. The van der Waals surface area contributed by atoms with Crippen LogP contribution in [-0.2, 0) is 14.8 Å². The highest BCUT2D eigenvalue weighted by atomic mass is 32.2. The second-order valence-electron chi connectivity index (χ2n) is 7.40. The van der Waals surface area contributed by atoms with E-state index in [1.807, 2.05) is 44.0 Å². The number of likely N-dealkylation sites (tertiary alicyclic amines) is 1. The van der Waals surface area contributed by atoms with Crippen molar-refractivity contribution in [2.75, 3.05) is 25.5 Å². The van der Waals surface area contributed by atoms with E-state index >= 15 is 0 Å². The highest BCUT2D eigenvalue weighted by Crippen LogP contribution is 2.23. The van der Waals surface area contributed by atoms with Gasteiger partial charge in [-0.3, -0.25) is 4.79 Å². The minimum Gasteiger partial charge on any atom is -0.493 e. The number of anilines is 1. The van der Waals surface area contributed by atoms with Gasteiger partial charge in [0.1, 0.15) is 11.6 Å². The smallest absolute Gasteiger partial charge is 0.284 e. The molecule has 0 saturated carbocycles. The maximum absolute atomic E-state index is 12.6. The molecule has 0 bridgehead atoms. The van der Waals surface area contributed by atoms with Gasteiger partial charge in [0.15, 0.2) is 0 Å². The molecule has 1 fully saturated rings. The van der Waals surface area contributed by atoms with Gasteiger partial charge in [-0.15, -0.1) is 4.40 Å². The Kier molecular flexibility index (Phi) is 6.77. The molecule has 2 aromatic carbocycles. The van der Waals surface area contributed by atoms with Crippen LogP contribution < -0.4 is 10.1 Å². The summed E-state index contributed by atoms with van der Waals surface area (Å²) in [5.41, 5.74) is 2.44. The molecule has 1 amide bonds. The summed E-state index contributed by atoms with van der Waals surface area (Å²) in [5, 5.41) is 2.73. The van der Waals surface area contributed by atoms with Gasteiger partial charge in [-0.05, 0) is 49.6 Å². The number of nitrogens with one attached hydrogen (secondary N) is 1. The summed E-state index contributed by atoms with van der Waals surface area (Å²) in [7, 11) is -2.00. The van der Waals surface area contributed by atoms with Crippen LogP contribution in [0.5, 0.6) is 5.75 Å². The van der Waals surface area contributed by atoms with E-state index in [4.69, 9.17) is 4.74 Å². The summed E-state index contributed by atoms with van der Waals surface area (Å²) in [4.78, 5) is 14.2. The predicted molar refractivity (Wildman–Crippen MR) is 118 cm³/mol. The zero-order valence-corrected chi connectivity index (χ0v) is 18.3. The third-order valence-corrected chi connectivity index (χ3v) is 6.26. The molecule has 3 rings (SSSR count). The maximum atomic E-state index is 12.6. The lowest BCUT2D eigenvalue weighted by Crippen LogP contribution is -2.20. The zero-order valence-electron chi connectivity index (χ0n) is 17.5. The molecule has 160 valence electrons. The van der Waals surface area contributed by atoms with Crippen molar-refractivity contribution in [2.45, 2.75) is 38.0 Å². The van der Waals surface area contributed by atoms with E-state index in [-0.39, 0.29) is 23.8 Å². The third-order valence-electron chi connectivity index (χ3n) is 4.96. The van der Waals surface area contributed by atoms with E-state index in [2.05, 4.69) is 9.71 Å². The number of amides is 1.